The molecule has 18 heavy (non-hydrogen) atoms. The first-order valence-electron chi connectivity index (χ1n) is 6.33. The molecular formula is C16H17NS. The molecular weight excluding hydrogens is 238 g/mol. The molecule has 0 spiro atoms. The summed E-state index contributed by atoms with van der Waals surface area (Å²) in [5, 5.41) is 3.62. The van der Waals surface area contributed by atoms with Crippen LogP contribution in [0, 0.1) is 0 Å². The number of thioether (sulfide) groups is 1. The molecule has 0 aliphatic carbocycles. The first kappa shape index (κ1) is 11.8. The molecule has 0 aromatic heterocycles. The minimum atomic E-state index is 0.353. The summed E-state index contributed by atoms with van der Waals surface area (Å²) in [5.41, 5.74) is 4.27. The Balaban J connectivity index is 1.97. The maximum atomic E-state index is 3.62. The Morgan fingerprint density at radius 3 is 2.61 bits per heavy atom. The fraction of sp³-hybridized carbons (Fsp3) is 0.250. The van der Waals surface area contributed by atoms with Gasteiger partial charge in [-0.3, -0.25) is 0 Å². The largest absolute Gasteiger partial charge is 0.306 e. The van der Waals surface area contributed by atoms with E-state index in [1.54, 1.807) is 11.8 Å². The highest BCUT2D eigenvalue weighted by Gasteiger charge is 2.20. The summed E-state index contributed by atoms with van der Waals surface area (Å²) in [6, 6.07) is 18.0. The number of nitrogens with one attached hydrogen (secondary N) is 1. The van der Waals surface area contributed by atoms with Crippen LogP contribution in [0.5, 0.6) is 0 Å². The third kappa shape index (κ3) is 2.18. The first-order chi connectivity index (χ1) is 8.88. The van der Waals surface area contributed by atoms with Gasteiger partial charge in [-0.25, -0.2) is 0 Å². The summed E-state index contributed by atoms with van der Waals surface area (Å²) in [6.07, 6.45) is 3.25. The zero-order valence-electron chi connectivity index (χ0n) is 10.5. The van der Waals surface area contributed by atoms with Crippen molar-refractivity contribution in [3.63, 3.8) is 0 Å². The molecule has 0 radical (unpaired) electrons. The van der Waals surface area contributed by atoms with Crippen LogP contribution in [0.2, 0.25) is 0 Å². The minimum Gasteiger partial charge on any atom is -0.306 e. The van der Waals surface area contributed by atoms with Crippen LogP contribution in [0.4, 0.5) is 0 Å². The van der Waals surface area contributed by atoms with Gasteiger partial charge >= 0.3 is 0 Å². The fourth-order valence-electron chi connectivity index (χ4n) is 2.60. The van der Waals surface area contributed by atoms with Gasteiger partial charge in [-0.1, -0.05) is 36.4 Å². The molecule has 0 fully saturated rings. The predicted molar refractivity (Wildman–Crippen MR) is 78.2 cm³/mol. The van der Waals surface area contributed by atoms with Crippen LogP contribution in [0.15, 0.2) is 53.4 Å². The van der Waals surface area contributed by atoms with E-state index in [0.717, 1.165) is 13.0 Å². The van der Waals surface area contributed by atoms with Crippen molar-refractivity contribution in [3.05, 3.63) is 65.2 Å². The number of rotatable bonds is 2. The number of hydrogen-bond donors (Lipinski definition) is 1. The van der Waals surface area contributed by atoms with Gasteiger partial charge in [-0.05, 0) is 41.5 Å². The normalized spacial score (nSPS) is 18.4. The van der Waals surface area contributed by atoms with Crippen LogP contribution >= 0.6 is 11.8 Å². The van der Waals surface area contributed by atoms with E-state index in [0.29, 0.717) is 6.04 Å². The molecule has 1 N–H and O–H groups in total. The summed E-state index contributed by atoms with van der Waals surface area (Å²) in [6.45, 7) is 1.06. The van der Waals surface area contributed by atoms with Crippen molar-refractivity contribution >= 4 is 11.8 Å². The molecule has 0 bridgehead atoms. The van der Waals surface area contributed by atoms with Crippen LogP contribution < -0.4 is 5.32 Å². The van der Waals surface area contributed by atoms with Gasteiger partial charge in [0.1, 0.15) is 0 Å². The highest BCUT2D eigenvalue weighted by atomic mass is 32.2. The van der Waals surface area contributed by atoms with Crippen molar-refractivity contribution in [1.29, 1.82) is 0 Å². The monoisotopic (exact) mass is 255 g/mol. The van der Waals surface area contributed by atoms with Gasteiger partial charge in [0.15, 0.2) is 0 Å². The van der Waals surface area contributed by atoms with Crippen molar-refractivity contribution in [2.75, 3.05) is 12.8 Å². The Labute approximate surface area is 113 Å². The molecule has 2 heteroatoms. The van der Waals surface area contributed by atoms with Gasteiger partial charge in [0.05, 0.1) is 6.04 Å². The van der Waals surface area contributed by atoms with Gasteiger partial charge in [-0.15, -0.1) is 11.8 Å². The van der Waals surface area contributed by atoms with E-state index < -0.39 is 0 Å². The lowest BCUT2D eigenvalue weighted by molar-refractivity contribution is 0.567. The Morgan fingerprint density at radius 1 is 1.06 bits per heavy atom. The molecule has 1 heterocycles. The van der Waals surface area contributed by atoms with Crippen molar-refractivity contribution in [1.82, 2.24) is 5.32 Å². The van der Waals surface area contributed by atoms with E-state index >= 15 is 0 Å². The van der Waals surface area contributed by atoms with E-state index in [2.05, 4.69) is 60.1 Å². The van der Waals surface area contributed by atoms with Crippen LogP contribution in [0.3, 0.4) is 0 Å². The average molecular weight is 255 g/mol. The zero-order chi connectivity index (χ0) is 12.4. The van der Waals surface area contributed by atoms with Crippen molar-refractivity contribution in [2.24, 2.45) is 0 Å². The molecule has 92 valence electrons. The quantitative estimate of drug-likeness (QED) is 0.822. The van der Waals surface area contributed by atoms with Crippen LogP contribution in [-0.4, -0.2) is 12.8 Å². The Bertz CT molecular complexity index is 533. The third-order valence-corrected chi connectivity index (χ3v) is 4.30. The zero-order valence-corrected chi connectivity index (χ0v) is 11.3. The fourth-order valence-corrected chi connectivity index (χ4v) is 3.01. The van der Waals surface area contributed by atoms with E-state index in [4.69, 9.17) is 0 Å². The van der Waals surface area contributed by atoms with Gasteiger partial charge in [0.2, 0.25) is 0 Å². The predicted octanol–water partition coefficient (Wildman–Crippen LogP) is 3.64. The van der Waals surface area contributed by atoms with Crippen molar-refractivity contribution < 1.29 is 0 Å². The second kappa shape index (κ2) is 5.17. The van der Waals surface area contributed by atoms with E-state index in [1.165, 1.54) is 21.6 Å². The molecule has 1 aliphatic rings. The van der Waals surface area contributed by atoms with Crippen molar-refractivity contribution in [3.8, 4) is 0 Å². The van der Waals surface area contributed by atoms with Gasteiger partial charge in [0, 0.05) is 11.4 Å². The first-order valence-corrected chi connectivity index (χ1v) is 7.56. The maximum absolute atomic E-state index is 3.62. The molecule has 0 amide bonds. The molecule has 2 aromatic rings. The Kier molecular flexibility index (Phi) is 3.39. The molecule has 1 atom stereocenters. The molecule has 3 rings (SSSR count). The lowest BCUT2D eigenvalue weighted by Gasteiger charge is -2.27. The summed E-state index contributed by atoms with van der Waals surface area (Å²) in [4.78, 5) is 1.32. The maximum Gasteiger partial charge on any atom is 0.0579 e. The molecule has 1 nitrogen and oxygen atoms in total. The molecule has 1 aliphatic heterocycles. The molecule has 0 saturated carbocycles. The SMILES string of the molecule is CSc1ccc([C@H]2NCCc3ccccc32)cc1. The lowest BCUT2D eigenvalue weighted by Crippen LogP contribution is -2.30. The van der Waals surface area contributed by atoms with Gasteiger partial charge < -0.3 is 5.32 Å². The second-order valence-electron chi connectivity index (χ2n) is 4.61. The summed E-state index contributed by atoms with van der Waals surface area (Å²) >= 11 is 1.79. The summed E-state index contributed by atoms with van der Waals surface area (Å²) in [7, 11) is 0. The average Bonchev–Trinajstić information content (AvgIpc) is 2.47. The summed E-state index contributed by atoms with van der Waals surface area (Å²) < 4.78 is 0. The molecule has 2 aromatic carbocycles. The van der Waals surface area contributed by atoms with Crippen LogP contribution in [-0.2, 0) is 6.42 Å². The standard InChI is InChI=1S/C16H17NS/c1-18-14-8-6-13(7-9-14)16-15-5-3-2-4-12(15)10-11-17-16/h2-9,16-17H,10-11H2,1H3/t16-/m1/s1. The molecule has 0 unspecified atom stereocenters. The van der Waals surface area contributed by atoms with E-state index in [-0.39, 0.29) is 0 Å². The molecule has 0 saturated heterocycles. The highest BCUT2D eigenvalue weighted by molar-refractivity contribution is 7.98. The van der Waals surface area contributed by atoms with E-state index in [1.807, 2.05) is 0 Å². The van der Waals surface area contributed by atoms with Crippen LogP contribution in [0.25, 0.3) is 0 Å². The highest BCUT2D eigenvalue weighted by Crippen LogP contribution is 2.29. The van der Waals surface area contributed by atoms with E-state index in [9.17, 15) is 0 Å². The smallest absolute Gasteiger partial charge is 0.0579 e. The van der Waals surface area contributed by atoms with Gasteiger partial charge in [-0.2, -0.15) is 0 Å². The minimum absolute atomic E-state index is 0.353. The number of benzene rings is 2. The lowest BCUT2D eigenvalue weighted by atomic mass is 9.90. The number of hydrogen-bond acceptors (Lipinski definition) is 2. The van der Waals surface area contributed by atoms with Gasteiger partial charge in [0.25, 0.3) is 0 Å². The number of fused-ring (bicyclic) bond motifs is 1. The Morgan fingerprint density at radius 2 is 1.83 bits per heavy atom. The Hall–Kier alpha value is -1.25. The summed E-state index contributed by atoms with van der Waals surface area (Å²) in [5.74, 6) is 0. The third-order valence-electron chi connectivity index (χ3n) is 3.56. The topological polar surface area (TPSA) is 12.0 Å². The second-order valence-corrected chi connectivity index (χ2v) is 5.49. The van der Waals surface area contributed by atoms with Crippen molar-refractivity contribution in [2.45, 2.75) is 17.4 Å². The van der Waals surface area contributed by atoms with Crippen LogP contribution in [0.1, 0.15) is 22.7 Å².